The highest BCUT2D eigenvalue weighted by Gasteiger charge is 2.42. The average Bonchev–Trinajstić information content (AvgIpc) is 2.50. The Morgan fingerprint density at radius 3 is 2.45 bits per heavy atom. The van der Waals surface area contributed by atoms with Crippen molar-refractivity contribution in [1.29, 1.82) is 0 Å². The highest BCUT2D eigenvalue weighted by molar-refractivity contribution is 5.40. The van der Waals surface area contributed by atoms with E-state index < -0.39 is 0 Å². The molecule has 2 aromatic carbocycles. The molecule has 2 atom stereocenters. The van der Waals surface area contributed by atoms with E-state index in [0.29, 0.717) is 6.04 Å². The van der Waals surface area contributed by atoms with E-state index in [1.54, 1.807) is 0 Å². The Balaban J connectivity index is 2.03. The predicted octanol–water partition coefficient (Wildman–Crippen LogP) is 3.27. The quantitative estimate of drug-likeness (QED) is 0.941. The number of nitrogens with two attached hydrogens (primary N) is 1. The van der Waals surface area contributed by atoms with Gasteiger partial charge in [0.2, 0.25) is 0 Å². The minimum atomic E-state index is -0.326. The summed E-state index contributed by atoms with van der Waals surface area (Å²) in [6, 6.07) is 17.9. The summed E-state index contributed by atoms with van der Waals surface area (Å²) in [6.45, 7) is 2.13. The zero-order valence-corrected chi connectivity index (χ0v) is 13.8. The number of nitrogens with zero attached hydrogens (tertiary/aromatic N) is 1. The van der Waals surface area contributed by atoms with Gasteiger partial charge >= 0.3 is 0 Å². The van der Waals surface area contributed by atoms with Crippen molar-refractivity contribution in [1.82, 2.24) is 4.90 Å². The van der Waals surface area contributed by atoms with Gasteiger partial charge in [-0.2, -0.15) is 0 Å². The lowest BCUT2D eigenvalue weighted by molar-refractivity contribution is 0.152. The maximum atomic E-state index is 7.04. The van der Waals surface area contributed by atoms with Crippen LogP contribution in [-0.2, 0) is 18.4 Å². The molecule has 2 nitrogen and oxygen atoms in total. The minimum absolute atomic E-state index is 0.326. The Morgan fingerprint density at radius 2 is 1.77 bits per heavy atom. The normalized spacial score (nSPS) is 24.3. The Labute approximate surface area is 134 Å². The summed E-state index contributed by atoms with van der Waals surface area (Å²) >= 11 is 0. The molecule has 0 aromatic heterocycles. The molecule has 3 rings (SSSR count). The molecular weight excluding hydrogens is 268 g/mol. The van der Waals surface area contributed by atoms with Gasteiger partial charge in [-0.15, -0.1) is 0 Å². The van der Waals surface area contributed by atoms with Gasteiger partial charge in [0.25, 0.3) is 0 Å². The van der Waals surface area contributed by atoms with Crippen LogP contribution in [0.25, 0.3) is 0 Å². The Morgan fingerprint density at radius 1 is 1.09 bits per heavy atom. The fourth-order valence-corrected chi connectivity index (χ4v) is 3.90. The van der Waals surface area contributed by atoms with Crippen molar-refractivity contribution in [2.45, 2.75) is 37.8 Å². The van der Waals surface area contributed by atoms with Gasteiger partial charge in [0.1, 0.15) is 0 Å². The summed E-state index contributed by atoms with van der Waals surface area (Å²) in [6.07, 6.45) is 3.12. The van der Waals surface area contributed by atoms with Crippen LogP contribution in [0.5, 0.6) is 0 Å². The minimum Gasteiger partial charge on any atom is -0.320 e. The van der Waals surface area contributed by atoms with Crippen LogP contribution in [0, 0.1) is 6.92 Å². The van der Waals surface area contributed by atoms with E-state index in [0.717, 1.165) is 19.3 Å². The Hall–Kier alpha value is -1.64. The van der Waals surface area contributed by atoms with Gasteiger partial charge in [0.05, 0.1) is 5.54 Å². The average molecular weight is 294 g/mol. The topological polar surface area (TPSA) is 29.3 Å². The molecule has 0 spiro atoms. The largest absolute Gasteiger partial charge is 0.320 e. The van der Waals surface area contributed by atoms with Gasteiger partial charge < -0.3 is 10.6 Å². The molecule has 0 radical (unpaired) electrons. The number of hydrogen-bond donors (Lipinski definition) is 1. The van der Waals surface area contributed by atoms with E-state index in [4.69, 9.17) is 5.73 Å². The first-order valence-electron chi connectivity index (χ1n) is 8.10. The smallest absolute Gasteiger partial charge is 0.0610 e. The van der Waals surface area contributed by atoms with Crippen molar-refractivity contribution in [3.8, 4) is 0 Å². The number of rotatable bonds is 3. The van der Waals surface area contributed by atoms with Crippen LogP contribution in [0.15, 0.2) is 48.5 Å². The molecule has 0 amide bonds. The maximum Gasteiger partial charge on any atom is 0.0610 e. The third-order valence-electron chi connectivity index (χ3n) is 5.04. The number of hydrogen-bond acceptors (Lipinski definition) is 2. The standard InChI is InChI=1S/C20H26N2/c1-15-8-10-16(11-9-15)14-20(21)18-7-5-4-6-17(18)12-13-19(20)22(2)3/h4-11,19H,12-14,21H2,1-3H3. The molecular formula is C20H26N2. The molecule has 0 aliphatic heterocycles. The summed E-state index contributed by atoms with van der Waals surface area (Å²) in [5.74, 6) is 0. The summed E-state index contributed by atoms with van der Waals surface area (Å²) in [7, 11) is 4.30. The third kappa shape index (κ3) is 2.69. The van der Waals surface area contributed by atoms with Gasteiger partial charge in [-0.25, -0.2) is 0 Å². The molecule has 2 aromatic rings. The molecule has 2 heteroatoms. The second kappa shape index (κ2) is 5.86. The summed E-state index contributed by atoms with van der Waals surface area (Å²) < 4.78 is 0. The van der Waals surface area contributed by atoms with Crippen LogP contribution in [0.1, 0.15) is 28.7 Å². The first-order valence-corrected chi connectivity index (χ1v) is 8.10. The monoisotopic (exact) mass is 294 g/mol. The third-order valence-corrected chi connectivity index (χ3v) is 5.04. The molecule has 2 unspecified atom stereocenters. The molecule has 116 valence electrons. The molecule has 0 fully saturated rings. The summed E-state index contributed by atoms with van der Waals surface area (Å²) in [5, 5.41) is 0. The Bertz CT molecular complexity index is 645. The van der Waals surface area contributed by atoms with E-state index in [1.165, 1.54) is 22.3 Å². The first kappa shape index (κ1) is 15.3. The SMILES string of the molecule is Cc1ccc(CC2(N)c3ccccc3CCC2N(C)C)cc1. The van der Waals surface area contributed by atoms with Crippen molar-refractivity contribution in [2.24, 2.45) is 5.73 Å². The lowest BCUT2D eigenvalue weighted by Gasteiger charge is -2.46. The van der Waals surface area contributed by atoms with Crippen LogP contribution >= 0.6 is 0 Å². The second-order valence-electron chi connectivity index (χ2n) is 6.88. The second-order valence-corrected chi connectivity index (χ2v) is 6.88. The van der Waals surface area contributed by atoms with Crippen molar-refractivity contribution in [2.75, 3.05) is 14.1 Å². The van der Waals surface area contributed by atoms with Gasteiger partial charge in [0.15, 0.2) is 0 Å². The fourth-order valence-electron chi connectivity index (χ4n) is 3.90. The van der Waals surface area contributed by atoms with Crippen molar-refractivity contribution >= 4 is 0 Å². The van der Waals surface area contributed by atoms with Crippen LogP contribution in [0.3, 0.4) is 0 Å². The number of likely N-dealkylation sites (N-methyl/N-ethyl adjacent to an activating group) is 1. The van der Waals surface area contributed by atoms with Crippen molar-refractivity contribution in [3.05, 3.63) is 70.8 Å². The van der Waals surface area contributed by atoms with E-state index in [-0.39, 0.29) is 5.54 Å². The van der Waals surface area contributed by atoms with Gasteiger partial charge in [-0.3, -0.25) is 0 Å². The highest BCUT2D eigenvalue weighted by Crippen LogP contribution is 2.38. The molecule has 22 heavy (non-hydrogen) atoms. The van der Waals surface area contributed by atoms with Crippen LogP contribution in [0.4, 0.5) is 0 Å². The van der Waals surface area contributed by atoms with Gasteiger partial charge in [-0.05, 0) is 57.0 Å². The number of benzene rings is 2. The Kier molecular flexibility index (Phi) is 4.07. The van der Waals surface area contributed by atoms with Crippen molar-refractivity contribution < 1.29 is 0 Å². The zero-order valence-electron chi connectivity index (χ0n) is 13.8. The first-order chi connectivity index (χ1) is 10.5. The summed E-state index contributed by atoms with van der Waals surface area (Å²) in [4.78, 5) is 2.30. The van der Waals surface area contributed by atoms with E-state index in [2.05, 4.69) is 74.4 Å². The molecule has 0 bridgehead atoms. The zero-order chi connectivity index (χ0) is 15.7. The molecule has 0 saturated carbocycles. The molecule has 1 aliphatic rings. The van der Waals surface area contributed by atoms with Gasteiger partial charge in [-0.1, -0.05) is 54.1 Å². The number of aryl methyl sites for hydroxylation is 2. The maximum absolute atomic E-state index is 7.04. The predicted molar refractivity (Wildman–Crippen MR) is 93.0 cm³/mol. The lowest BCUT2D eigenvalue weighted by Crippen LogP contribution is -2.58. The van der Waals surface area contributed by atoms with E-state index in [1.807, 2.05) is 0 Å². The molecule has 1 aliphatic carbocycles. The van der Waals surface area contributed by atoms with Crippen LogP contribution in [-0.4, -0.2) is 25.0 Å². The van der Waals surface area contributed by atoms with Gasteiger partial charge in [0, 0.05) is 6.04 Å². The fraction of sp³-hybridized carbons (Fsp3) is 0.400. The van der Waals surface area contributed by atoms with Crippen LogP contribution < -0.4 is 5.73 Å². The van der Waals surface area contributed by atoms with Crippen LogP contribution in [0.2, 0.25) is 0 Å². The highest BCUT2D eigenvalue weighted by atomic mass is 15.1. The molecule has 0 heterocycles. The van der Waals surface area contributed by atoms with E-state index >= 15 is 0 Å². The molecule has 2 N–H and O–H groups in total. The summed E-state index contributed by atoms with van der Waals surface area (Å²) in [5.41, 5.74) is 12.1. The van der Waals surface area contributed by atoms with Crippen molar-refractivity contribution in [3.63, 3.8) is 0 Å². The lowest BCUT2D eigenvalue weighted by atomic mass is 9.70. The number of fused-ring (bicyclic) bond motifs is 1. The van der Waals surface area contributed by atoms with E-state index in [9.17, 15) is 0 Å². The molecule has 0 saturated heterocycles.